The quantitative estimate of drug-likeness (QED) is 0.842. The van der Waals surface area contributed by atoms with Crippen molar-refractivity contribution in [3.05, 3.63) is 21.9 Å². The molecule has 0 radical (unpaired) electrons. The molecule has 0 amide bonds. The number of carboxylic acids is 1. The van der Waals surface area contributed by atoms with Gasteiger partial charge in [0.25, 0.3) is 0 Å². The number of aliphatic carboxylic acids is 1. The Morgan fingerprint density at radius 1 is 1.76 bits per heavy atom. The highest BCUT2D eigenvalue weighted by atomic mass is 32.1. The topological polar surface area (TPSA) is 58.6 Å². The normalized spacial score (nSPS) is 20.9. The molecule has 5 heteroatoms. The number of carbonyl (C=O) groups is 1. The first kappa shape index (κ1) is 12.5. The molecule has 0 spiro atoms. The van der Waals surface area contributed by atoms with Crippen LogP contribution >= 0.6 is 11.3 Å². The fraction of sp³-hybridized carbons (Fsp3) is 0.583. The number of fused-ring (bicyclic) bond motifs is 1. The summed E-state index contributed by atoms with van der Waals surface area (Å²) in [6.07, 6.45) is 3.23. The molecule has 1 aromatic rings. The van der Waals surface area contributed by atoms with Crippen LogP contribution in [0.25, 0.3) is 0 Å². The first-order valence-corrected chi connectivity index (χ1v) is 6.64. The Kier molecular flexibility index (Phi) is 4.15. The minimum absolute atomic E-state index is 0.154. The number of rotatable bonds is 5. The number of aryl methyl sites for hydroxylation is 1. The van der Waals surface area contributed by atoms with Crippen LogP contribution in [0.2, 0.25) is 0 Å². The predicted molar refractivity (Wildman–Crippen MR) is 66.4 cm³/mol. The van der Waals surface area contributed by atoms with Crippen LogP contribution in [0, 0.1) is 0 Å². The zero-order valence-corrected chi connectivity index (χ0v) is 10.6. The summed E-state index contributed by atoms with van der Waals surface area (Å²) < 4.78 is 4.94. The molecule has 2 atom stereocenters. The molecule has 4 nitrogen and oxygen atoms in total. The van der Waals surface area contributed by atoms with E-state index in [0.29, 0.717) is 0 Å². The number of carboxylic acid groups (broad SMARTS) is 1. The fourth-order valence-electron chi connectivity index (χ4n) is 2.26. The van der Waals surface area contributed by atoms with Crippen LogP contribution in [0.1, 0.15) is 29.3 Å². The molecule has 0 saturated heterocycles. The summed E-state index contributed by atoms with van der Waals surface area (Å²) in [6.45, 7) is 0.200. The monoisotopic (exact) mass is 255 g/mol. The minimum Gasteiger partial charge on any atom is -0.480 e. The Morgan fingerprint density at radius 2 is 2.59 bits per heavy atom. The molecule has 0 aliphatic heterocycles. The van der Waals surface area contributed by atoms with E-state index in [9.17, 15) is 4.79 Å². The number of methoxy groups -OCH3 is 1. The lowest BCUT2D eigenvalue weighted by Crippen LogP contribution is -2.43. The zero-order valence-electron chi connectivity index (χ0n) is 9.81. The molecule has 2 rings (SSSR count). The summed E-state index contributed by atoms with van der Waals surface area (Å²) in [7, 11) is 1.52. The maximum absolute atomic E-state index is 11.1. The molecule has 94 valence electrons. The molecule has 0 saturated carbocycles. The Balaban J connectivity index is 2.07. The van der Waals surface area contributed by atoms with Crippen molar-refractivity contribution in [1.82, 2.24) is 5.32 Å². The van der Waals surface area contributed by atoms with E-state index < -0.39 is 12.0 Å². The second-order valence-corrected chi connectivity index (χ2v) is 5.26. The van der Waals surface area contributed by atoms with Gasteiger partial charge in [0.1, 0.15) is 6.04 Å². The van der Waals surface area contributed by atoms with E-state index in [4.69, 9.17) is 9.84 Å². The van der Waals surface area contributed by atoms with Crippen LogP contribution in [0.5, 0.6) is 0 Å². The van der Waals surface area contributed by atoms with Gasteiger partial charge in [-0.2, -0.15) is 0 Å². The average molecular weight is 255 g/mol. The SMILES string of the molecule is COCC(NC1CCCc2sccc21)C(=O)O. The number of ether oxygens (including phenoxy) is 1. The highest BCUT2D eigenvalue weighted by molar-refractivity contribution is 7.10. The number of thiophene rings is 1. The van der Waals surface area contributed by atoms with Crippen molar-refractivity contribution >= 4 is 17.3 Å². The van der Waals surface area contributed by atoms with Gasteiger partial charge in [0.15, 0.2) is 0 Å². The molecule has 1 aliphatic carbocycles. The van der Waals surface area contributed by atoms with Crippen molar-refractivity contribution < 1.29 is 14.6 Å². The van der Waals surface area contributed by atoms with Gasteiger partial charge in [-0.1, -0.05) is 0 Å². The minimum atomic E-state index is -0.853. The van der Waals surface area contributed by atoms with Crippen LogP contribution in [-0.2, 0) is 16.0 Å². The largest absolute Gasteiger partial charge is 0.480 e. The van der Waals surface area contributed by atoms with Crippen molar-refractivity contribution in [3.8, 4) is 0 Å². The second kappa shape index (κ2) is 5.62. The smallest absolute Gasteiger partial charge is 0.323 e. The summed E-state index contributed by atoms with van der Waals surface area (Å²) >= 11 is 1.76. The van der Waals surface area contributed by atoms with Crippen molar-refractivity contribution in [1.29, 1.82) is 0 Å². The van der Waals surface area contributed by atoms with Gasteiger partial charge in [-0.25, -0.2) is 0 Å². The molecule has 1 heterocycles. The van der Waals surface area contributed by atoms with Gasteiger partial charge in [-0.05, 0) is 36.3 Å². The summed E-state index contributed by atoms with van der Waals surface area (Å²) in [6, 6.07) is 1.62. The van der Waals surface area contributed by atoms with Gasteiger partial charge >= 0.3 is 5.97 Å². The third-order valence-corrected chi connectivity index (χ3v) is 4.08. The summed E-state index contributed by atoms with van der Waals surface area (Å²) in [5, 5.41) is 14.4. The highest BCUT2D eigenvalue weighted by Crippen LogP contribution is 2.33. The van der Waals surface area contributed by atoms with Gasteiger partial charge in [-0.3, -0.25) is 10.1 Å². The first-order chi connectivity index (χ1) is 8.22. The van der Waals surface area contributed by atoms with Crippen molar-refractivity contribution in [2.24, 2.45) is 0 Å². The Bertz CT molecular complexity index is 391. The van der Waals surface area contributed by atoms with Gasteiger partial charge in [0, 0.05) is 18.0 Å². The number of hydrogen-bond acceptors (Lipinski definition) is 4. The fourth-order valence-corrected chi connectivity index (χ4v) is 3.25. The molecule has 1 aromatic heterocycles. The van der Waals surface area contributed by atoms with Crippen molar-refractivity contribution in [2.45, 2.75) is 31.3 Å². The van der Waals surface area contributed by atoms with E-state index in [0.717, 1.165) is 19.3 Å². The van der Waals surface area contributed by atoms with Gasteiger partial charge in [0.2, 0.25) is 0 Å². The maximum Gasteiger partial charge on any atom is 0.323 e. The van der Waals surface area contributed by atoms with E-state index >= 15 is 0 Å². The number of nitrogens with one attached hydrogen (secondary N) is 1. The molecule has 17 heavy (non-hydrogen) atoms. The summed E-state index contributed by atoms with van der Waals surface area (Å²) in [5.74, 6) is -0.853. The van der Waals surface area contributed by atoms with Crippen molar-refractivity contribution in [3.63, 3.8) is 0 Å². The van der Waals surface area contributed by atoms with Crippen LogP contribution in [0.3, 0.4) is 0 Å². The first-order valence-electron chi connectivity index (χ1n) is 5.76. The predicted octanol–water partition coefficient (Wildman–Crippen LogP) is 1.81. The molecule has 2 N–H and O–H groups in total. The van der Waals surface area contributed by atoms with Crippen LogP contribution in [-0.4, -0.2) is 30.8 Å². The summed E-state index contributed by atoms with van der Waals surface area (Å²) in [5.41, 5.74) is 1.27. The van der Waals surface area contributed by atoms with Crippen molar-refractivity contribution in [2.75, 3.05) is 13.7 Å². The van der Waals surface area contributed by atoms with Gasteiger partial charge < -0.3 is 9.84 Å². The van der Waals surface area contributed by atoms with E-state index in [1.807, 2.05) is 0 Å². The van der Waals surface area contributed by atoms with E-state index in [1.54, 1.807) is 11.3 Å². The Morgan fingerprint density at radius 3 is 3.29 bits per heavy atom. The lowest BCUT2D eigenvalue weighted by molar-refractivity contribution is -0.141. The standard InChI is InChI=1S/C12H17NO3S/c1-16-7-10(12(14)15)13-9-3-2-4-11-8(9)5-6-17-11/h5-6,9-10,13H,2-4,7H2,1H3,(H,14,15). The third kappa shape index (κ3) is 2.86. The van der Waals surface area contributed by atoms with Crippen LogP contribution in [0.4, 0.5) is 0 Å². The molecule has 0 fully saturated rings. The van der Waals surface area contributed by atoms with Gasteiger partial charge in [0.05, 0.1) is 6.61 Å². The van der Waals surface area contributed by atoms with Gasteiger partial charge in [-0.15, -0.1) is 11.3 Å². The lowest BCUT2D eigenvalue weighted by atomic mass is 9.93. The molecular formula is C12H17NO3S. The van der Waals surface area contributed by atoms with Crippen LogP contribution in [0.15, 0.2) is 11.4 Å². The molecule has 2 unspecified atom stereocenters. The van der Waals surface area contributed by atoms with E-state index in [1.165, 1.54) is 17.6 Å². The summed E-state index contributed by atoms with van der Waals surface area (Å²) in [4.78, 5) is 12.5. The third-order valence-electron chi connectivity index (χ3n) is 3.09. The Hall–Kier alpha value is -0.910. The Labute approximate surface area is 105 Å². The zero-order chi connectivity index (χ0) is 12.3. The molecule has 0 aromatic carbocycles. The van der Waals surface area contributed by atoms with Crippen LogP contribution < -0.4 is 5.32 Å². The van der Waals surface area contributed by atoms with E-state index in [2.05, 4.69) is 16.8 Å². The number of hydrogen-bond donors (Lipinski definition) is 2. The molecule has 0 bridgehead atoms. The van der Waals surface area contributed by atoms with E-state index in [-0.39, 0.29) is 12.6 Å². The molecular weight excluding hydrogens is 238 g/mol. The highest BCUT2D eigenvalue weighted by Gasteiger charge is 2.26. The second-order valence-electron chi connectivity index (χ2n) is 4.26. The maximum atomic E-state index is 11.1. The lowest BCUT2D eigenvalue weighted by Gasteiger charge is -2.26. The molecule has 1 aliphatic rings. The average Bonchev–Trinajstić information content (AvgIpc) is 2.77.